The first kappa shape index (κ1) is 15.0. The van der Waals surface area contributed by atoms with Crippen LogP contribution in [0.3, 0.4) is 0 Å². The maximum absolute atomic E-state index is 12.2. The van der Waals surface area contributed by atoms with Crippen molar-refractivity contribution in [1.29, 1.82) is 0 Å². The molecule has 2 N–H and O–H groups in total. The van der Waals surface area contributed by atoms with Gasteiger partial charge in [-0.1, -0.05) is 19.8 Å². The quantitative estimate of drug-likeness (QED) is 0.840. The molecule has 1 saturated carbocycles. The number of hydrogen-bond donors (Lipinski definition) is 2. The smallest absolute Gasteiger partial charge is 0.241 e. The highest BCUT2D eigenvalue weighted by molar-refractivity contribution is 7.89. The van der Waals surface area contributed by atoms with Crippen molar-refractivity contribution in [2.24, 2.45) is 5.92 Å². The predicted octanol–water partition coefficient (Wildman–Crippen LogP) is 2.49. The largest absolute Gasteiger partial charge is 0.391 e. The van der Waals surface area contributed by atoms with Gasteiger partial charge in [0.2, 0.25) is 10.0 Å². The Morgan fingerprint density at radius 3 is 2.84 bits per heavy atom. The number of thiophene rings is 1. The third-order valence-electron chi connectivity index (χ3n) is 3.68. The monoisotopic (exact) mass is 303 g/mol. The van der Waals surface area contributed by atoms with Gasteiger partial charge < -0.3 is 5.11 Å². The van der Waals surface area contributed by atoms with Crippen molar-refractivity contribution in [3.63, 3.8) is 0 Å². The van der Waals surface area contributed by atoms with E-state index < -0.39 is 10.0 Å². The lowest BCUT2D eigenvalue weighted by atomic mass is 10.0. The predicted molar refractivity (Wildman–Crippen MR) is 76.6 cm³/mol. The highest BCUT2D eigenvalue weighted by Crippen LogP contribution is 2.25. The lowest BCUT2D eigenvalue weighted by Gasteiger charge is -2.15. The molecule has 1 aromatic heterocycles. The van der Waals surface area contributed by atoms with Crippen LogP contribution in [0.25, 0.3) is 0 Å². The van der Waals surface area contributed by atoms with Crippen molar-refractivity contribution in [3.8, 4) is 0 Å². The number of rotatable bonds is 4. The second-order valence-corrected chi connectivity index (χ2v) is 8.05. The maximum atomic E-state index is 12.2. The van der Waals surface area contributed by atoms with E-state index in [1.165, 1.54) is 17.8 Å². The number of nitrogens with one attached hydrogen (secondary N) is 1. The van der Waals surface area contributed by atoms with Gasteiger partial charge >= 0.3 is 0 Å². The van der Waals surface area contributed by atoms with Crippen molar-refractivity contribution in [1.82, 2.24) is 4.72 Å². The molecule has 0 aromatic carbocycles. The molecule has 1 heterocycles. The second kappa shape index (κ2) is 6.35. The van der Waals surface area contributed by atoms with Crippen LogP contribution in [0.1, 0.15) is 43.9 Å². The van der Waals surface area contributed by atoms with E-state index in [1.807, 2.05) is 0 Å². The van der Waals surface area contributed by atoms with Crippen molar-refractivity contribution >= 4 is 21.4 Å². The van der Waals surface area contributed by atoms with E-state index in [4.69, 9.17) is 5.11 Å². The Kier molecular flexibility index (Phi) is 5.00. The molecule has 2 rings (SSSR count). The van der Waals surface area contributed by atoms with Crippen LogP contribution in [0.4, 0.5) is 0 Å². The van der Waals surface area contributed by atoms with Crippen LogP contribution in [0.15, 0.2) is 16.3 Å². The van der Waals surface area contributed by atoms with Gasteiger partial charge in [0.1, 0.15) is 0 Å². The molecule has 2 unspecified atom stereocenters. The number of aliphatic hydroxyl groups excluding tert-OH is 1. The Morgan fingerprint density at radius 1 is 1.37 bits per heavy atom. The first-order valence-corrected chi connectivity index (χ1v) is 9.08. The molecular weight excluding hydrogens is 282 g/mol. The van der Waals surface area contributed by atoms with Crippen LogP contribution in [0.2, 0.25) is 0 Å². The molecule has 2 atom stereocenters. The first-order valence-electron chi connectivity index (χ1n) is 6.72. The topological polar surface area (TPSA) is 66.4 Å². The minimum Gasteiger partial charge on any atom is -0.391 e. The normalized spacial score (nSPS) is 25.2. The number of sulfonamides is 1. The Labute approximate surface area is 118 Å². The Bertz CT molecular complexity index is 510. The third-order valence-corrected chi connectivity index (χ3v) is 6.25. The summed E-state index contributed by atoms with van der Waals surface area (Å²) in [7, 11) is -3.43. The zero-order valence-electron chi connectivity index (χ0n) is 11.1. The van der Waals surface area contributed by atoms with Gasteiger partial charge in [-0.05, 0) is 31.2 Å². The molecular formula is C13H21NO3S2. The van der Waals surface area contributed by atoms with Gasteiger partial charge in [-0.3, -0.25) is 0 Å². The molecule has 1 aliphatic rings. The molecule has 1 aromatic rings. The SMILES string of the molecule is CC1CCCC(NS(=O)(=O)c2csc(CO)c2)CC1. The average Bonchev–Trinajstić information content (AvgIpc) is 2.77. The summed E-state index contributed by atoms with van der Waals surface area (Å²) in [5.74, 6) is 0.691. The van der Waals surface area contributed by atoms with Crippen LogP contribution >= 0.6 is 11.3 Å². The molecule has 6 heteroatoms. The molecule has 1 aliphatic carbocycles. The van der Waals surface area contributed by atoms with Crippen LogP contribution in [-0.4, -0.2) is 19.6 Å². The highest BCUT2D eigenvalue weighted by atomic mass is 32.2. The van der Waals surface area contributed by atoms with E-state index in [2.05, 4.69) is 11.6 Å². The summed E-state index contributed by atoms with van der Waals surface area (Å²) in [5.41, 5.74) is 0. The molecule has 19 heavy (non-hydrogen) atoms. The summed E-state index contributed by atoms with van der Waals surface area (Å²) < 4.78 is 27.3. The van der Waals surface area contributed by atoms with Gasteiger partial charge in [-0.2, -0.15) is 0 Å². The van der Waals surface area contributed by atoms with Crippen molar-refractivity contribution < 1.29 is 13.5 Å². The van der Waals surface area contributed by atoms with Gasteiger partial charge in [0.05, 0.1) is 11.5 Å². The lowest BCUT2D eigenvalue weighted by Crippen LogP contribution is -2.34. The fourth-order valence-electron chi connectivity index (χ4n) is 2.48. The molecule has 1 fully saturated rings. The Balaban J connectivity index is 2.04. The highest BCUT2D eigenvalue weighted by Gasteiger charge is 2.23. The lowest BCUT2D eigenvalue weighted by molar-refractivity contribution is 0.285. The van der Waals surface area contributed by atoms with E-state index in [9.17, 15) is 8.42 Å². The molecule has 0 radical (unpaired) electrons. The summed E-state index contributed by atoms with van der Waals surface area (Å²) in [6.45, 7) is 2.12. The first-order chi connectivity index (χ1) is 9.01. The van der Waals surface area contributed by atoms with E-state index in [0.29, 0.717) is 10.8 Å². The summed E-state index contributed by atoms with van der Waals surface area (Å²) in [6.07, 6.45) is 5.18. The average molecular weight is 303 g/mol. The van der Waals surface area contributed by atoms with Crippen LogP contribution < -0.4 is 4.72 Å². The van der Waals surface area contributed by atoms with E-state index in [1.54, 1.807) is 11.4 Å². The number of aliphatic hydroxyl groups is 1. The van der Waals surface area contributed by atoms with Crippen LogP contribution in [-0.2, 0) is 16.6 Å². The zero-order valence-corrected chi connectivity index (χ0v) is 12.8. The minimum atomic E-state index is -3.43. The standard InChI is InChI=1S/C13H21NO3S2/c1-10-3-2-4-11(6-5-10)14-19(16,17)13-7-12(8-15)18-9-13/h7,9-11,14-15H,2-6,8H2,1H3. The van der Waals surface area contributed by atoms with Crippen LogP contribution in [0.5, 0.6) is 0 Å². The second-order valence-electron chi connectivity index (χ2n) is 5.34. The molecule has 0 aliphatic heterocycles. The number of hydrogen-bond acceptors (Lipinski definition) is 4. The Morgan fingerprint density at radius 2 is 2.16 bits per heavy atom. The Hall–Kier alpha value is -0.430. The van der Waals surface area contributed by atoms with Crippen molar-refractivity contribution in [3.05, 3.63) is 16.3 Å². The maximum Gasteiger partial charge on any atom is 0.241 e. The zero-order chi connectivity index (χ0) is 13.9. The minimum absolute atomic E-state index is 0.0485. The summed E-state index contributed by atoms with van der Waals surface area (Å²) >= 11 is 1.27. The van der Waals surface area contributed by atoms with Crippen LogP contribution in [0, 0.1) is 5.92 Å². The molecule has 4 nitrogen and oxygen atoms in total. The summed E-state index contributed by atoms with van der Waals surface area (Å²) in [6, 6.07) is 1.60. The fraction of sp³-hybridized carbons (Fsp3) is 0.692. The summed E-state index contributed by atoms with van der Waals surface area (Å²) in [5, 5.41) is 10.6. The van der Waals surface area contributed by atoms with Crippen molar-refractivity contribution in [2.75, 3.05) is 0 Å². The molecule has 108 valence electrons. The molecule has 0 amide bonds. The molecule has 0 bridgehead atoms. The summed E-state index contributed by atoms with van der Waals surface area (Å²) in [4.78, 5) is 0.953. The van der Waals surface area contributed by atoms with E-state index >= 15 is 0 Å². The third kappa shape index (κ3) is 4.02. The van der Waals surface area contributed by atoms with Gasteiger partial charge in [0.15, 0.2) is 0 Å². The molecule has 0 spiro atoms. The van der Waals surface area contributed by atoms with Gasteiger partial charge in [0, 0.05) is 16.3 Å². The molecule has 0 saturated heterocycles. The van der Waals surface area contributed by atoms with Gasteiger partial charge in [0.25, 0.3) is 0 Å². The van der Waals surface area contributed by atoms with Gasteiger partial charge in [-0.25, -0.2) is 13.1 Å². The van der Waals surface area contributed by atoms with E-state index in [0.717, 1.165) is 25.7 Å². The van der Waals surface area contributed by atoms with E-state index in [-0.39, 0.29) is 17.5 Å². The fourth-order valence-corrected chi connectivity index (χ4v) is 4.92. The van der Waals surface area contributed by atoms with Gasteiger partial charge in [-0.15, -0.1) is 11.3 Å². The van der Waals surface area contributed by atoms with Crippen molar-refractivity contribution in [2.45, 2.75) is 56.6 Å².